The van der Waals surface area contributed by atoms with Crippen LogP contribution >= 0.6 is 0 Å². The van der Waals surface area contributed by atoms with Crippen molar-refractivity contribution in [2.45, 2.75) is 64.9 Å². The lowest BCUT2D eigenvalue weighted by Crippen LogP contribution is -2.10. The van der Waals surface area contributed by atoms with E-state index in [0.29, 0.717) is 28.7 Å². The lowest BCUT2D eigenvalue weighted by molar-refractivity contribution is 0.119. The third-order valence-electron chi connectivity index (χ3n) is 6.95. The summed E-state index contributed by atoms with van der Waals surface area (Å²) in [6.45, 7) is 4.04. The predicted octanol–water partition coefficient (Wildman–Crippen LogP) is 9.09. The van der Waals surface area contributed by atoms with E-state index in [1.54, 1.807) is 24.5 Å². The van der Waals surface area contributed by atoms with Gasteiger partial charge in [-0.3, -0.25) is 0 Å². The Balaban J connectivity index is 1.46. The van der Waals surface area contributed by atoms with Gasteiger partial charge in [0.2, 0.25) is 5.82 Å². The number of allylic oxidation sites excluding steroid dienone is 1. The number of rotatable bonds is 6. The largest absolute Gasteiger partial charge is 0.493 e. The topological polar surface area (TPSA) is 18.5 Å². The van der Waals surface area contributed by atoms with Crippen molar-refractivity contribution in [2.75, 3.05) is 0 Å². The first-order valence-electron chi connectivity index (χ1n) is 12.5. The Labute approximate surface area is 208 Å². The predicted molar refractivity (Wildman–Crippen MR) is 131 cm³/mol. The van der Waals surface area contributed by atoms with Gasteiger partial charge in [0.25, 0.3) is 0 Å². The van der Waals surface area contributed by atoms with Crippen LogP contribution in [-0.4, -0.2) is 0 Å². The Morgan fingerprint density at radius 2 is 1.58 bits per heavy atom. The minimum absolute atomic E-state index is 0.0498. The summed E-state index contributed by atoms with van der Waals surface area (Å²) in [5, 5.41) is 0. The van der Waals surface area contributed by atoms with Crippen molar-refractivity contribution in [3.05, 3.63) is 93.8 Å². The van der Waals surface area contributed by atoms with Gasteiger partial charge >= 0.3 is 0 Å². The molecule has 0 spiro atoms. The summed E-state index contributed by atoms with van der Waals surface area (Å²) in [6, 6.07) is 9.30. The van der Waals surface area contributed by atoms with Crippen LogP contribution in [0.25, 0.3) is 11.1 Å². The summed E-state index contributed by atoms with van der Waals surface area (Å²) in [5.41, 5.74) is 2.99. The summed E-state index contributed by atoms with van der Waals surface area (Å²) in [7, 11) is 0. The van der Waals surface area contributed by atoms with Gasteiger partial charge in [-0.15, -0.1) is 0 Å². The molecule has 0 aliphatic carbocycles. The normalized spacial score (nSPS) is 16.5. The highest BCUT2D eigenvalue weighted by molar-refractivity contribution is 5.69. The fourth-order valence-corrected chi connectivity index (χ4v) is 5.08. The van der Waals surface area contributed by atoms with Gasteiger partial charge in [-0.2, -0.15) is 4.39 Å². The molecule has 188 valence electrons. The molecular formula is C30H28F4O2. The lowest BCUT2D eigenvalue weighted by atomic mass is 9.92. The molecule has 0 bridgehead atoms. The van der Waals surface area contributed by atoms with Crippen LogP contribution in [0.2, 0.25) is 0 Å². The van der Waals surface area contributed by atoms with Crippen LogP contribution in [0.5, 0.6) is 11.5 Å². The van der Waals surface area contributed by atoms with Crippen molar-refractivity contribution in [1.82, 2.24) is 0 Å². The third kappa shape index (κ3) is 4.38. The Hall–Kier alpha value is -3.28. The number of fused-ring (bicyclic) bond motifs is 2. The highest BCUT2D eigenvalue weighted by Crippen LogP contribution is 2.44. The fraction of sp³-hybridized carbons (Fsp3) is 0.333. The molecule has 0 saturated carbocycles. The lowest BCUT2D eigenvalue weighted by Gasteiger charge is -2.24. The van der Waals surface area contributed by atoms with Gasteiger partial charge in [0.05, 0.1) is 6.26 Å². The third-order valence-corrected chi connectivity index (χ3v) is 6.95. The summed E-state index contributed by atoms with van der Waals surface area (Å²) >= 11 is 0. The van der Waals surface area contributed by atoms with Gasteiger partial charge in [0.15, 0.2) is 23.1 Å². The number of halogens is 4. The Morgan fingerprint density at radius 1 is 0.806 bits per heavy atom. The molecule has 5 rings (SSSR count). The van der Waals surface area contributed by atoms with E-state index in [4.69, 9.17) is 9.47 Å². The van der Waals surface area contributed by atoms with Crippen LogP contribution in [-0.2, 0) is 17.6 Å². The first-order valence-corrected chi connectivity index (χ1v) is 12.5. The van der Waals surface area contributed by atoms with Gasteiger partial charge in [-0.25, -0.2) is 13.2 Å². The van der Waals surface area contributed by atoms with E-state index in [1.165, 1.54) is 23.8 Å². The van der Waals surface area contributed by atoms with Crippen LogP contribution in [0.4, 0.5) is 17.6 Å². The molecule has 6 heteroatoms. The second kappa shape index (κ2) is 10.00. The van der Waals surface area contributed by atoms with E-state index in [-0.39, 0.29) is 35.2 Å². The van der Waals surface area contributed by atoms with Gasteiger partial charge in [-0.05, 0) is 54.5 Å². The zero-order valence-corrected chi connectivity index (χ0v) is 20.4. The molecule has 2 nitrogen and oxygen atoms in total. The number of hydrogen-bond acceptors (Lipinski definition) is 2. The second-order valence-electron chi connectivity index (χ2n) is 9.52. The van der Waals surface area contributed by atoms with Gasteiger partial charge in [-0.1, -0.05) is 51.0 Å². The monoisotopic (exact) mass is 496 g/mol. The molecule has 1 unspecified atom stereocenters. The van der Waals surface area contributed by atoms with E-state index in [2.05, 4.69) is 6.92 Å². The quantitative estimate of drug-likeness (QED) is 0.248. The first kappa shape index (κ1) is 24.4. The number of benzene rings is 3. The summed E-state index contributed by atoms with van der Waals surface area (Å²) in [5.74, 6) is -4.11. The highest BCUT2D eigenvalue weighted by atomic mass is 19.2. The standard InChI is InChI=1S/C30H28F4O2/c1-3-5-17-7-12-25(35-16-17)19-10-11-22(24(31)15-19)23-14-21-13-20-9-8-18(6-4-2)26(32)29(20)36-30(21)28(34)27(23)33/h8-11,14-16,25H,3-7,12-13H2,1-2H3. The van der Waals surface area contributed by atoms with E-state index >= 15 is 13.2 Å². The van der Waals surface area contributed by atoms with Gasteiger partial charge in [0, 0.05) is 28.7 Å². The van der Waals surface area contributed by atoms with Crippen molar-refractivity contribution in [1.29, 1.82) is 0 Å². The van der Waals surface area contributed by atoms with Crippen LogP contribution < -0.4 is 4.74 Å². The van der Waals surface area contributed by atoms with Crippen LogP contribution in [0.3, 0.4) is 0 Å². The van der Waals surface area contributed by atoms with E-state index in [0.717, 1.165) is 32.1 Å². The zero-order chi connectivity index (χ0) is 25.4. The Morgan fingerprint density at radius 3 is 2.28 bits per heavy atom. The van der Waals surface area contributed by atoms with Crippen molar-refractivity contribution in [3.8, 4) is 22.6 Å². The number of ether oxygens (including phenoxy) is 2. The smallest absolute Gasteiger partial charge is 0.202 e. The number of aryl methyl sites for hydroxylation is 1. The molecule has 0 fully saturated rings. The first-order chi connectivity index (χ1) is 17.4. The average molecular weight is 497 g/mol. The molecule has 1 atom stereocenters. The van der Waals surface area contributed by atoms with Gasteiger partial charge in [0.1, 0.15) is 11.9 Å². The second-order valence-corrected chi connectivity index (χ2v) is 9.52. The minimum atomic E-state index is -1.25. The molecule has 2 aliphatic heterocycles. The molecule has 0 amide bonds. The van der Waals surface area contributed by atoms with Crippen molar-refractivity contribution >= 4 is 0 Å². The molecule has 0 aromatic heterocycles. The van der Waals surface area contributed by atoms with Crippen LogP contribution in [0.1, 0.15) is 74.3 Å². The van der Waals surface area contributed by atoms with E-state index in [1.807, 2.05) is 6.92 Å². The van der Waals surface area contributed by atoms with Crippen molar-refractivity contribution in [3.63, 3.8) is 0 Å². The molecule has 36 heavy (non-hydrogen) atoms. The maximum Gasteiger partial charge on any atom is 0.202 e. The van der Waals surface area contributed by atoms with Crippen molar-refractivity contribution < 1.29 is 27.0 Å². The van der Waals surface area contributed by atoms with Crippen LogP contribution in [0.15, 0.2) is 48.2 Å². The molecule has 0 radical (unpaired) electrons. The molecular weight excluding hydrogens is 468 g/mol. The summed E-state index contributed by atoms with van der Waals surface area (Å²) < 4.78 is 71.8. The summed E-state index contributed by atoms with van der Waals surface area (Å²) in [4.78, 5) is 0. The minimum Gasteiger partial charge on any atom is -0.493 e. The Kier molecular flexibility index (Phi) is 6.78. The average Bonchev–Trinajstić information content (AvgIpc) is 2.88. The maximum atomic E-state index is 15.2. The molecule has 2 heterocycles. The SMILES string of the molecule is CCCC1=COC(c2ccc(-c3cc4c(c(F)c3F)Oc3c(ccc(CCC)c3F)C4)c(F)c2)CC1. The maximum absolute atomic E-state index is 15.2. The van der Waals surface area contributed by atoms with Crippen molar-refractivity contribution in [2.24, 2.45) is 0 Å². The molecule has 3 aromatic rings. The fourth-order valence-electron chi connectivity index (χ4n) is 5.08. The Bertz CT molecular complexity index is 1350. The molecule has 0 saturated heterocycles. The molecule has 3 aromatic carbocycles. The zero-order valence-electron chi connectivity index (χ0n) is 20.4. The van der Waals surface area contributed by atoms with E-state index in [9.17, 15) is 4.39 Å². The van der Waals surface area contributed by atoms with Gasteiger partial charge < -0.3 is 9.47 Å². The summed E-state index contributed by atoms with van der Waals surface area (Å²) in [6.07, 6.45) is 6.52. The molecule has 0 N–H and O–H groups in total. The van der Waals surface area contributed by atoms with Crippen LogP contribution in [0, 0.1) is 23.3 Å². The highest BCUT2D eigenvalue weighted by Gasteiger charge is 2.29. The number of hydrogen-bond donors (Lipinski definition) is 0. The van der Waals surface area contributed by atoms with E-state index < -0.39 is 23.3 Å². The molecule has 2 aliphatic rings.